The highest BCUT2D eigenvalue weighted by Crippen LogP contribution is 2.17. The first kappa shape index (κ1) is 15.5. The summed E-state index contributed by atoms with van der Waals surface area (Å²) in [5, 5.41) is 12.4. The largest absolute Gasteiger partial charge is 0.459 e. The third kappa shape index (κ3) is 5.30. The monoisotopic (exact) mass is 265 g/mol. The molecule has 0 spiro atoms. The van der Waals surface area contributed by atoms with Gasteiger partial charge in [-0.05, 0) is 38.1 Å². The summed E-state index contributed by atoms with van der Waals surface area (Å²) in [6.45, 7) is 8.40. The number of esters is 1. The van der Waals surface area contributed by atoms with Crippen LogP contribution in [0.5, 0.6) is 0 Å². The van der Waals surface area contributed by atoms with Gasteiger partial charge in [-0.25, -0.2) is 4.79 Å². The molecular weight excluding hydrogens is 242 g/mol. The molecule has 1 aromatic carbocycles. The van der Waals surface area contributed by atoms with Crippen LogP contribution in [0.2, 0.25) is 0 Å². The summed E-state index contributed by atoms with van der Waals surface area (Å²) < 4.78 is 5.12. The standard InChI is InChI=1S/C15H23NO3/c1-11(2)19-14(18)12-5-7-13(8-6-12)16-9-15(3,4)10-17/h5-8,11,16-17H,9-10H2,1-4H3. The van der Waals surface area contributed by atoms with Crippen molar-refractivity contribution in [3.05, 3.63) is 29.8 Å². The fourth-order valence-electron chi connectivity index (χ4n) is 1.40. The Morgan fingerprint density at radius 2 is 1.89 bits per heavy atom. The zero-order chi connectivity index (χ0) is 14.5. The van der Waals surface area contributed by atoms with Gasteiger partial charge in [0.25, 0.3) is 0 Å². The average molecular weight is 265 g/mol. The highest BCUT2D eigenvalue weighted by Gasteiger charge is 2.16. The molecule has 2 N–H and O–H groups in total. The van der Waals surface area contributed by atoms with Gasteiger partial charge < -0.3 is 15.2 Å². The zero-order valence-corrected chi connectivity index (χ0v) is 12.1. The molecule has 106 valence electrons. The van der Waals surface area contributed by atoms with Gasteiger partial charge in [-0.1, -0.05) is 13.8 Å². The zero-order valence-electron chi connectivity index (χ0n) is 12.1. The van der Waals surface area contributed by atoms with Crippen LogP contribution in [0.25, 0.3) is 0 Å². The molecule has 0 fully saturated rings. The predicted octanol–water partition coefficient (Wildman–Crippen LogP) is 2.68. The van der Waals surface area contributed by atoms with Crippen LogP contribution in [0, 0.1) is 5.41 Å². The SMILES string of the molecule is CC(C)OC(=O)c1ccc(NCC(C)(C)CO)cc1. The van der Waals surface area contributed by atoms with E-state index in [-0.39, 0.29) is 24.1 Å². The van der Waals surface area contributed by atoms with E-state index < -0.39 is 0 Å². The van der Waals surface area contributed by atoms with Crippen molar-refractivity contribution in [1.82, 2.24) is 0 Å². The number of aliphatic hydroxyl groups excluding tert-OH is 1. The number of carbonyl (C=O) groups excluding carboxylic acids is 1. The van der Waals surface area contributed by atoms with Crippen LogP contribution in [0.1, 0.15) is 38.1 Å². The number of benzene rings is 1. The van der Waals surface area contributed by atoms with E-state index in [1.165, 1.54) is 0 Å². The Labute approximate surface area is 114 Å². The molecule has 0 saturated heterocycles. The van der Waals surface area contributed by atoms with Crippen LogP contribution >= 0.6 is 0 Å². The van der Waals surface area contributed by atoms with Crippen molar-refractivity contribution in [1.29, 1.82) is 0 Å². The Morgan fingerprint density at radius 3 is 2.37 bits per heavy atom. The molecule has 1 rings (SSSR count). The topological polar surface area (TPSA) is 58.6 Å². The molecule has 0 unspecified atom stereocenters. The fourth-order valence-corrected chi connectivity index (χ4v) is 1.40. The molecule has 0 aliphatic rings. The van der Waals surface area contributed by atoms with Crippen LogP contribution in [-0.2, 0) is 4.74 Å². The van der Waals surface area contributed by atoms with Crippen molar-refractivity contribution in [3.8, 4) is 0 Å². The van der Waals surface area contributed by atoms with Crippen molar-refractivity contribution in [2.45, 2.75) is 33.8 Å². The third-order valence-corrected chi connectivity index (χ3v) is 2.66. The number of hydrogen-bond acceptors (Lipinski definition) is 4. The van der Waals surface area contributed by atoms with E-state index in [0.717, 1.165) is 5.69 Å². The van der Waals surface area contributed by atoms with Crippen LogP contribution in [-0.4, -0.2) is 30.3 Å². The average Bonchev–Trinajstić information content (AvgIpc) is 2.36. The Balaban J connectivity index is 2.59. The minimum atomic E-state index is -0.308. The van der Waals surface area contributed by atoms with Gasteiger partial charge in [0, 0.05) is 24.3 Å². The maximum Gasteiger partial charge on any atom is 0.338 e. The molecule has 1 aromatic rings. The van der Waals surface area contributed by atoms with E-state index in [0.29, 0.717) is 12.1 Å². The molecule has 0 bridgehead atoms. The molecule has 0 atom stereocenters. The Hall–Kier alpha value is -1.55. The molecule has 4 heteroatoms. The second kappa shape index (κ2) is 6.57. The maximum absolute atomic E-state index is 11.7. The number of ether oxygens (including phenoxy) is 1. The first-order chi connectivity index (χ1) is 8.84. The van der Waals surface area contributed by atoms with Crippen molar-refractivity contribution in [2.24, 2.45) is 5.41 Å². The molecule has 0 aliphatic carbocycles. The minimum Gasteiger partial charge on any atom is -0.459 e. The lowest BCUT2D eigenvalue weighted by Crippen LogP contribution is -2.26. The first-order valence-electron chi connectivity index (χ1n) is 6.50. The normalized spacial score (nSPS) is 11.5. The molecule has 19 heavy (non-hydrogen) atoms. The quantitative estimate of drug-likeness (QED) is 0.776. The van der Waals surface area contributed by atoms with Gasteiger partial charge in [0.1, 0.15) is 0 Å². The summed E-state index contributed by atoms with van der Waals surface area (Å²) in [7, 11) is 0. The van der Waals surface area contributed by atoms with Crippen molar-refractivity contribution >= 4 is 11.7 Å². The van der Waals surface area contributed by atoms with Gasteiger partial charge >= 0.3 is 5.97 Å². The number of hydrogen-bond donors (Lipinski definition) is 2. The molecule has 4 nitrogen and oxygen atoms in total. The van der Waals surface area contributed by atoms with Crippen molar-refractivity contribution in [2.75, 3.05) is 18.5 Å². The third-order valence-electron chi connectivity index (χ3n) is 2.66. The Bertz CT molecular complexity index is 410. The Kier molecular flexibility index (Phi) is 5.36. The summed E-state index contributed by atoms with van der Waals surface area (Å²) in [5.74, 6) is -0.308. The lowest BCUT2D eigenvalue weighted by atomic mass is 9.95. The molecular formula is C15H23NO3. The van der Waals surface area contributed by atoms with Crippen LogP contribution < -0.4 is 5.32 Å². The minimum absolute atomic E-state index is 0.115. The van der Waals surface area contributed by atoms with Crippen LogP contribution in [0.15, 0.2) is 24.3 Å². The smallest absolute Gasteiger partial charge is 0.338 e. The molecule has 0 saturated carbocycles. The highest BCUT2D eigenvalue weighted by molar-refractivity contribution is 5.89. The fraction of sp³-hybridized carbons (Fsp3) is 0.533. The van der Waals surface area contributed by atoms with Gasteiger partial charge in [0.15, 0.2) is 0 Å². The second-order valence-electron chi connectivity index (χ2n) is 5.71. The summed E-state index contributed by atoms with van der Waals surface area (Å²) in [6.07, 6.45) is -0.115. The summed E-state index contributed by atoms with van der Waals surface area (Å²) >= 11 is 0. The summed E-state index contributed by atoms with van der Waals surface area (Å²) in [4.78, 5) is 11.7. The molecule has 0 amide bonds. The van der Waals surface area contributed by atoms with E-state index >= 15 is 0 Å². The number of nitrogens with one attached hydrogen (secondary N) is 1. The van der Waals surface area contributed by atoms with E-state index in [4.69, 9.17) is 4.74 Å². The highest BCUT2D eigenvalue weighted by atomic mass is 16.5. The van der Waals surface area contributed by atoms with Gasteiger partial charge in [-0.15, -0.1) is 0 Å². The number of anilines is 1. The van der Waals surface area contributed by atoms with Gasteiger partial charge in [0.2, 0.25) is 0 Å². The number of aliphatic hydroxyl groups is 1. The van der Waals surface area contributed by atoms with Crippen LogP contribution in [0.3, 0.4) is 0 Å². The van der Waals surface area contributed by atoms with Gasteiger partial charge in [-0.3, -0.25) is 0 Å². The molecule has 0 radical (unpaired) electrons. The van der Waals surface area contributed by atoms with Gasteiger partial charge in [0.05, 0.1) is 11.7 Å². The van der Waals surface area contributed by atoms with E-state index in [9.17, 15) is 9.90 Å². The van der Waals surface area contributed by atoms with Crippen molar-refractivity contribution < 1.29 is 14.6 Å². The Morgan fingerprint density at radius 1 is 1.32 bits per heavy atom. The van der Waals surface area contributed by atoms with Gasteiger partial charge in [-0.2, -0.15) is 0 Å². The number of rotatable bonds is 6. The summed E-state index contributed by atoms with van der Waals surface area (Å²) in [5.41, 5.74) is 1.29. The molecule has 0 heterocycles. The van der Waals surface area contributed by atoms with E-state index in [1.807, 2.05) is 39.8 Å². The summed E-state index contributed by atoms with van der Waals surface area (Å²) in [6, 6.07) is 7.15. The van der Waals surface area contributed by atoms with E-state index in [2.05, 4.69) is 5.32 Å². The molecule has 0 aliphatic heterocycles. The van der Waals surface area contributed by atoms with Crippen LogP contribution in [0.4, 0.5) is 5.69 Å². The predicted molar refractivity (Wildman–Crippen MR) is 76.4 cm³/mol. The number of carbonyl (C=O) groups is 1. The second-order valence-corrected chi connectivity index (χ2v) is 5.71. The lowest BCUT2D eigenvalue weighted by molar-refractivity contribution is 0.0378. The maximum atomic E-state index is 11.7. The first-order valence-corrected chi connectivity index (χ1v) is 6.50. The van der Waals surface area contributed by atoms with Crippen molar-refractivity contribution in [3.63, 3.8) is 0 Å². The lowest BCUT2D eigenvalue weighted by Gasteiger charge is -2.22. The van der Waals surface area contributed by atoms with E-state index in [1.54, 1.807) is 12.1 Å². The molecule has 0 aromatic heterocycles.